The Morgan fingerprint density at radius 1 is 1.38 bits per heavy atom. The van der Waals surface area contributed by atoms with Crippen LogP contribution in [0.4, 0.5) is 0 Å². The summed E-state index contributed by atoms with van der Waals surface area (Å²) in [6.07, 6.45) is 0. The monoisotopic (exact) mass is 231 g/mol. The van der Waals surface area contributed by atoms with Gasteiger partial charge in [0.25, 0.3) is 0 Å². The molecular weight excluding hydrogens is 206 g/mol. The molecule has 0 spiro atoms. The number of carbonyl (C=O) groups is 1. The highest BCUT2D eigenvalue weighted by Crippen LogP contribution is 2.10. The summed E-state index contributed by atoms with van der Waals surface area (Å²) in [6, 6.07) is 0. The van der Waals surface area contributed by atoms with E-state index in [1.807, 2.05) is 34.6 Å². The van der Waals surface area contributed by atoms with Crippen molar-refractivity contribution in [2.75, 3.05) is 26.3 Å². The molecule has 0 rings (SSSR count). The molecule has 0 saturated heterocycles. The average Bonchev–Trinajstić information content (AvgIpc) is 2.14. The lowest BCUT2D eigenvalue weighted by Crippen LogP contribution is -2.34. The second kappa shape index (κ2) is 7.63. The molecule has 0 amide bonds. The Morgan fingerprint density at radius 3 is 2.50 bits per heavy atom. The van der Waals surface area contributed by atoms with Crippen molar-refractivity contribution in [3.63, 3.8) is 0 Å². The van der Waals surface area contributed by atoms with Crippen LogP contribution < -0.4 is 5.32 Å². The van der Waals surface area contributed by atoms with Crippen LogP contribution in [0.15, 0.2) is 0 Å². The first-order valence-electron chi connectivity index (χ1n) is 5.88. The van der Waals surface area contributed by atoms with Crippen LogP contribution in [0.3, 0.4) is 0 Å². The number of rotatable bonds is 7. The maximum Gasteiger partial charge on any atom is 0.310 e. The number of carbonyl (C=O) groups excluding carboxylic acids is 1. The minimum absolute atomic E-state index is 0.124. The second-order valence-electron chi connectivity index (χ2n) is 4.84. The molecule has 0 bridgehead atoms. The summed E-state index contributed by atoms with van der Waals surface area (Å²) in [5, 5.41) is 3.16. The van der Waals surface area contributed by atoms with E-state index in [9.17, 15) is 4.79 Å². The lowest BCUT2D eigenvalue weighted by molar-refractivity contribution is -0.159. The van der Waals surface area contributed by atoms with Crippen molar-refractivity contribution in [3.8, 4) is 0 Å². The molecule has 0 aliphatic heterocycles. The average molecular weight is 231 g/mol. The smallest absolute Gasteiger partial charge is 0.310 e. The lowest BCUT2D eigenvalue weighted by atomic mass is 10.1. The Morgan fingerprint density at radius 2 is 2.00 bits per heavy atom. The molecule has 0 aliphatic carbocycles. The third-order valence-electron chi connectivity index (χ3n) is 1.89. The predicted molar refractivity (Wildman–Crippen MR) is 64.4 cm³/mol. The van der Waals surface area contributed by atoms with Gasteiger partial charge in [-0.25, -0.2) is 0 Å². The number of ether oxygens (including phenoxy) is 2. The molecule has 1 N–H and O–H groups in total. The summed E-state index contributed by atoms with van der Waals surface area (Å²) < 4.78 is 10.4. The summed E-state index contributed by atoms with van der Waals surface area (Å²) in [6.45, 7) is 12.2. The van der Waals surface area contributed by atoms with Crippen molar-refractivity contribution in [1.82, 2.24) is 5.32 Å². The summed E-state index contributed by atoms with van der Waals surface area (Å²) in [5.74, 6) is -0.280. The Bertz CT molecular complexity index is 199. The normalized spacial score (nSPS) is 13.6. The molecule has 0 unspecified atom stereocenters. The summed E-state index contributed by atoms with van der Waals surface area (Å²) in [4.78, 5) is 11.6. The SMILES string of the molecule is CCOCCNC[C@H](C)C(=O)OC(C)(C)C. The molecule has 16 heavy (non-hydrogen) atoms. The molecular formula is C12H25NO3. The molecule has 4 heteroatoms. The van der Waals surface area contributed by atoms with E-state index < -0.39 is 5.60 Å². The van der Waals surface area contributed by atoms with Crippen LogP contribution in [0.5, 0.6) is 0 Å². The maximum atomic E-state index is 11.6. The topological polar surface area (TPSA) is 47.6 Å². The minimum atomic E-state index is -0.406. The molecule has 0 heterocycles. The van der Waals surface area contributed by atoms with Crippen LogP contribution >= 0.6 is 0 Å². The van der Waals surface area contributed by atoms with E-state index in [-0.39, 0.29) is 11.9 Å². The molecule has 4 nitrogen and oxygen atoms in total. The van der Waals surface area contributed by atoms with Gasteiger partial charge in [0.05, 0.1) is 12.5 Å². The largest absolute Gasteiger partial charge is 0.460 e. The van der Waals surface area contributed by atoms with E-state index in [4.69, 9.17) is 9.47 Å². The first-order chi connectivity index (χ1) is 7.37. The Balaban J connectivity index is 3.64. The van der Waals surface area contributed by atoms with Crippen LogP contribution in [0.25, 0.3) is 0 Å². The Kier molecular flexibility index (Phi) is 7.34. The number of nitrogens with one attached hydrogen (secondary N) is 1. The van der Waals surface area contributed by atoms with Gasteiger partial charge in [-0.3, -0.25) is 4.79 Å². The summed E-state index contributed by atoms with van der Waals surface area (Å²) in [7, 11) is 0. The molecule has 1 atom stereocenters. The van der Waals surface area contributed by atoms with Gasteiger partial charge in [-0.05, 0) is 27.7 Å². The standard InChI is InChI=1S/C12H25NO3/c1-6-15-8-7-13-9-10(2)11(14)16-12(3,4)5/h10,13H,6-9H2,1-5H3/t10-/m0/s1. The Hall–Kier alpha value is -0.610. The van der Waals surface area contributed by atoms with Crippen molar-refractivity contribution in [2.45, 2.75) is 40.2 Å². The van der Waals surface area contributed by atoms with E-state index in [1.165, 1.54) is 0 Å². The van der Waals surface area contributed by atoms with Gasteiger partial charge >= 0.3 is 5.97 Å². The van der Waals surface area contributed by atoms with E-state index in [1.54, 1.807) is 0 Å². The number of esters is 1. The quantitative estimate of drug-likeness (QED) is 0.534. The predicted octanol–water partition coefficient (Wildman–Crippen LogP) is 1.59. The van der Waals surface area contributed by atoms with Gasteiger partial charge < -0.3 is 14.8 Å². The fourth-order valence-corrected chi connectivity index (χ4v) is 1.09. The third-order valence-corrected chi connectivity index (χ3v) is 1.89. The van der Waals surface area contributed by atoms with Crippen LogP contribution in [-0.4, -0.2) is 37.9 Å². The molecule has 0 saturated carbocycles. The van der Waals surface area contributed by atoms with Gasteiger partial charge in [-0.2, -0.15) is 0 Å². The summed E-state index contributed by atoms with van der Waals surface area (Å²) >= 11 is 0. The van der Waals surface area contributed by atoms with Gasteiger partial charge in [0.15, 0.2) is 0 Å². The molecule has 0 aromatic heterocycles. The van der Waals surface area contributed by atoms with Crippen molar-refractivity contribution in [3.05, 3.63) is 0 Å². The van der Waals surface area contributed by atoms with E-state index >= 15 is 0 Å². The van der Waals surface area contributed by atoms with Crippen molar-refractivity contribution < 1.29 is 14.3 Å². The van der Waals surface area contributed by atoms with Gasteiger partial charge in [0.1, 0.15) is 5.60 Å². The van der Waals surface area contributed by atoms with Crippen LogP contribution in [-0.2, 0) is 14.3 Å². The number of hydrogen-bond acceptors (Lipinski definition) is 4. The van der Waals surface area contributed by atoms with Gasteiger partial charge in [-0.15, -0.1) is 0 Å². The molecule has 0 aromatic carbocycles. The zero-order valence-electron chi connectivity index (χ0n) is 11.1. The summed E-state index contributed by atoms with van der Waals surface area (Å²) in [5.41, 5.74) is -0.406. The first-order valence-corrected chi connectivity index (χ1v) is 5.88. The van der Waals surface area contributed by atoms with Crippen LogP contribution in [0.2, 0.25) is 0 Å². The Labute approximate surface area is 98.7 Å². The van der Waals surface area contributed by atoms with E-state index in [0.29, 0.717) is 13.2 Å². The maximum absolute atomic E-state index is 11.6. The third kappa shape index (κ3) is 8.68. The highest BCUT2D eigenvalue weighted by atomic mass is 16.6. The highest BCUT2D eigenvalue weighted by Gasteiger charge is 2.21. The van der Waals surface area contributed by atoms with Crippen molar-refractivity contribution in [2.24, 2.45) is 5.92 Å². The lowest BCUT2D eigenvalue weighted by Gasteiger charge is -2.22. The van der Waals surface area contributed by atoms with Crippen molar-refractivity contribution >= 4 is 5.97 Å². The first kappa shape index (κ1) is 15.4. The molecule has 0 aliphatic rings. The van der Waals surface area contributed by atoms with Gasteiger partial charge in [-0.1, -0.05) is 6.92 Å². The zero-order valence-corrected chi connectivity index (χ0v) is 11.1. The van der Waals surface area contributed by atoms with Gasteiger partial charge in [0.2, 0.25) is 0 Å². The zero-order chi connectivity index (χ0) is 12.6. The molecule has 0 fully saturated rings. The minimum Gasteiger partial charge on any atom is -0.460 e. The fourth-order valence-electron chi connectivity index (χ4n) is 1.09. The van der Waals surface area contributed by atoms with Gasteiger partial charge in [0, 0.05) is 19.7 Å². The molecule has 0 aromatic rings. The molecule has 96 valence electrons. The fraction of sp³-hybridized carbons (Fsp3) is 0.917. The highest BCUT2D eigenvalue weighted by molar-refractivity contribution is 5.72. The van der Waals surface area contributed by atoms with Crippen LogP contribution in [0, 0.1) is 5.92 Å². The van der Waals surface area contributed by atoms with Crippen molar-refractivity contribution in [1.29, 1.82) is 0 Å². The van der Waals surface area contributed by atoms with E-state index in [0.717, 1.165) is 13.2 Å². The molecule has 0 radical (unpaired) electrons. The second-order valence-corrected chi connectivity index (χ2v) is 4.84. The van der Waals surface area contributed by atoms with Crippen LogP contribution in [0.1, 0.15) is 34.6 Å². The van der Waals surface area contributed by atoms with E-state index in [2.05, 4.69) is 5.32 Å². The number of hydrogen-bond donors (Lipinski definition) is 1.